The van der Waals surface area contributed by atoms with Crippen molar-refractivity contribution in [1.29, 1.82) is 0 Å². The summed E-state index contributed by atoms with van der Waals surface area (Å²) in [5.41, 5.74) is 0.983. The van der Waals surface area contributed by atoms with Crippen molar-refractivity contribution in [3.8, 4) is 0 Å². The Hall–Kier alpha value is -1.36. The van der Waals surface area contributed by atoms with E-state index in [2.05, 4.69) is 4.74 Å². The average molecular weight is 246 g/mol. The molecule has 0 fully saturated rings. The molecular weight excluding hydrogens is 233 g/mol. The lowest BCUT2D eigenvalue weighted by Gasteiger charge is -2.06. The van der Waals surface area contributed by atoms with Crippen LogP contribution in [0.1, 0.15) is 12.0 Å². The number of ketones is 1. The second-order valence-corrected chi connectivity index (χ2v) is 3.63. The van der Waals surface area contributed by atoms with Crippen LogP contribution in [0.3, 0.4) is 0 Å². The van der Waals surface area contributed by atoms with E-state index < -0.39 is 19.4 Å². The SMILES string of the molecule is O=C(CCc1ccccc1)COCC(F)(F)F. The fourth-order valence-electron chi connectivity index (χ4n) is 1.28. The number of rotatable bonds is 6. The fraction of sp³-hybridized carbons (Fsp3) is 0.417. The van der Waals surface area contributed by atoms with Gasteiger partial charge in [-0.1, -0.05) is 30.3 Å². The Labute approximate surface area is 97.4 Å². The Morgan fingerprint density at radius 2 is 1.82 bits per heavy atom. The Morgan fingerprint density at radius 3 is 2.41 bits per heavy atom. The molecule has 0 atom stereocenters. The maximum absolute atomic E-state index is 11.7. The van der Waals surface area contributed by atoms with Gasteiger partial charge in [-0.15, -0.1) is 0 Å². The van der Waals surface area contributed by atoms with Gasteiger partial charge >= 0.3 is 6.18 Å². The molecule has 2 nitrogen and oxygen atoms in total. The van der Waals surface area contributed by atoms with Crippen LogP contribution in [0.4, 0.5) is 13.2 Å². The highest BCUT2D eigenvalue weighted by Crippen LogP contribution is 2.14. The third-order valence-corrected chi connectivity index (χ3v) is 2.06. The van der Waals surface area contributed by atoms with Crippen molar-refractivity contribution in [2.24, 2.45) is 0 Å². The van der Waals surface area contributed by atoms with Crippen LogP contribution in [0.15, 0.2) is 30.3 Å². The highest BCUT2D eigenvalue weighted by atomic mass is 19.4. The van der Waals surface area contributed by atoms with Crippen LogP contribution in [0.2, 0.25) is 0 Å². The van der Waals surface area contributed by atoms with Crippen LogP contribution in [0, 0.1) is 0 Å². The Morgan fingerprint density at radius 1 is 1.18 bits per heavy atom. The molecule has 0 aliphatic rings. The molecule has 5 heteroatoms. The van der Waals surface area contributed by atoms with E-state index in [1.807, 2.05) is 30.3 Å². The smallest absolute Gasteiger partial charge is 0.364 e. The predicted octanol–water partition coefficient (Wildman–Crippen LogP) is 2.77. The van der Waals surface area contributed by atoms with Gasteiger partial charge in [0, 0.05) is 6.42 Å². The van der Waals surface area contributed by atoms with Gasteiger partial charge in [0.15, 0.2) is 5.78 Å². The van der Waals surface area contributed by atoms with Crippen LogP contribution in [0.5, 0.6) is 0 Å². The minimum absolute atomic E-state index is 0.196. The number of carbonyl (C=O) groups is 1. The first kappa shape index (κ1) is 13.7. The molecular formula is C12H13F3O2. The Bertz CT molecular complexity index is 347. The number of aryl methyl sites for hydroxylation is 1. The number of carbonyl (C=O) groups excluding carboxylic acids is 1. The number of ether oxygens (including phenoxy) is 1. The van der Waals surface area contributed by atoms with Gasteiger partial charge in [-0.3, -0.25) is 4.79 Å². The second-order valence-electron chi connectivity index (χ2n) is 3.63. The van der Waals surface area contributed by atoms with E-state index >= 15 is 0 Å². The summed E-state index contributed by atoms with van der Waals surface area (Å²) in [7, 11) is 0. The molecule has 0 unspecified atom stereocenters. The molecule has 0 N–H and O–H groups in total. The van der Waals surface area contributed by atoms with Crippen molar-refractivity contribution in [2.45, 2.75) is 19.0 Å². The summed E-state index contributed by atoms with van der Waals surface area (Å²) >= 11 is 0. The molecule has 0 saturated heterocycles. The van der Waals surface area contributed by atoms with Crippen molar-refractivity contribution in [3.05, 3.63) is 35.9 Å². The average Bonchev–Trinajstić information content (AvgIpc) is 2.26. The van der Waals surface area contributed by atoms with Gasteiger partial charge < -0.3 is 4.74 Å². The van der Waals surface area contributed by atoms with Gasteiger partial charge in [-0.2, -0.15) is 13.2 Å². The third-order valence-electron chi connectivity index (χ3n) is 2.06. The zero-order valence-corrected chi connectivity index (χ0v) is 9.17. The monoisotopic (exact) mass is 246 g/mol. The molecule has 17 heavy (non-hydrogen) atoms. The van der Waals surface area contributed by atoms with Crippen molar-refractivity contribution in [1.82, 2.24) is 0 Å². The lowest BCUT2D eigenvalue weighted by atomic mass is 10.1. The number of Topliss-reactive ketones (excluding diaryl/α,β-unsaturated/α-hetero) is 1. The van der Waals surface area contributed by atoms with Gasteiger partial charge in [0.2, 0.25) is 0 Å². The van der Waals surface area contributed by atoms with E-state index in [-0.39, 0.29) is 12.2 Å². The maximum atomic E-state index is 11.7. The first-order valence-corrected chi connectivity index (χ1v) is 5.17. The van der Waals surface area contributed by atoms with Crippen molar-refractivity contribution < 1.29 is 22.7 Å². The van der Waals surface area contributed by atoms with Crippen LogP contribution < -0.4 is 0 Å². The Kier molecular flexibility index (Phi) is 5.15. The molecule has 0 heterocycles. The quantitative estimate of drug-likeness (QED) is 0.771. The summed E-state index contributed by atoms with van der Waals surface area (Å²) < 4.78 is 39.4. The topological polar surface area (TPSA) is 26.3 Å². The zero-order chi connectivity index (χ0) is 12.7. The van der Waals surface area contributed by atoms with E-state index in [1.165, 1.54) is 0 Å². The molecule has 0 aliphatic heterocycles. The van der Waals surface area contributed by atoms with Gasteiger partial charge in [0.25, 0.3) is 0 Å². The van der Waals surface area contributed by atoms with E-state index in [4.69, 9.17) is 0 Å². The van der Waals surface area contributed by atoms with Crippen LogP contribution in [0.25, 0.3) is 0 Å². The van der Waals surface area contributed by atoms with Gasteiger partial charge in [0.1, 0.15) is 13.2 Å². The maximum Gasteiger partial charge on any atom is 0.411 e. The molecule has 94 valence electrons. The van der Waals surface area contributed by atoms with E-state index in [0.717, 1.165) is 5.56 Å². The normalized spacial score (nSPS) is 11.5. The molecule has 0 aromatic heterocycles. The molecule has 0 bridgehead atoms. The fourth-order valence-corrected chi connectivity index (χ4v) is 1.28. The van der Waals surface area contributed by atoms with E-state index in [1.54, 1.807) is 0 Å². The van der Waals surface area contributed by atoms with Gasteiger partial charge in [0.05, 0.1) is 0 Å². The second kappa shape index (κ2) is 6.39. The first-order valence-electron chi connectivity index (χ1n) is 5.17. The van der Waals surface area contributed by atoms with E-state index in [9.17, 15) is 18.0 Å². The summed E-state index contributed by atoms with van der Waals surface area (Å²) in [5, 5.41) is 0. The van der Waals surface area contributed by atoms with Gasteiger partial charge in [-0.05, 0) is 12.0 Å². The molecule has 1 aromatic rings. The minimum atomic E-state index is -4.38. The van der Waals surface area contributed by atoms with Crippen LogP contribution >= 0.6 is 0 Å². The largest absolute Gasteiger partial charge is 0.411 e. The summed E-state index contributed by atoms with van der Waals surface area (Å²) in [6.07, 6.45) is -3.66. The molecule has 0 aliphatic carbocycles. The highest BCUT2D eigenvalue weighted by molar-refractivity contribution is 5.79. The molecule has 1 rings (SSSR count). The highest BCUT2D eigenvalue weighted by Gasteiger charge is 2.27. The summed E-state index contributed by atoms with van der Waals surface area (Å²) in [5.74, 6) is -0.321. The van der Waals surface area contributed by atoms with Gasteiger partial charge in [-0.25, -0.2) is 0 Å². The molecule has 0 amide bonds. The predicted molar refractivity (Wildman–Crippen MR) is 56.6 cm³/mol. The number of hydrogen-bond acceptors (Lipinski definition) is 2. The summed E-state index contributed by atoms with van der Waals surface area (Å²) in [6, 6.07) is 9.28. The lowest BCUT2D eigenvalue weighted by Crippen LogP contribution is -2.20. The number of benzene rings is 1. The van der Waals surface area contributed by atoms with Crippen LogP contribution in [-0.4, -0.2) is 25.2 Å². The molecule has 0 saturated carbocycles. The van der Waals surface area contributed by atoms with Crippen molar-refractivity contribution in [3.63, 3.8) is 0 Å². The molecule has 0 radical (unpaired) electrons. The zero-order valence-electron chi connectivity index (χ0n) is 9.17. The molecule has 0 spiro atoms. The standard InChI is InChI=1S/C12H13F3O2/c13-12(14,15)9-17-8-11(16)7-6-10-4-2-1-3-5-10/h1-5H,6-9H2. The molecule has 1 aromatic carbocycles. The number of halogens is 3. The lowest BCUT2D eigenvalue weighted by molar-refractivity contribution is -0.175. The number of alkyl halides is 3. The summed E-state index contributed by atoms with van der Waals surface area (Å²) in [6.45, 7) is -1.85. The van der Waals surface area contributed by atoms with Crippen molar-refractivity contribution >= 4 is 5.78 Å². The van der Waals surface area contributed by atoms with Crippen LogP contribution in [-0.2, 0) is 16.0 Å². The van der Waals surface area contributed by atoms with E-state index in [0.29, 0.717) is 6.42 Å². The Balaban J connectivity index is 2.18. The third kappa shape index (κ3) is 6.73. The minimum Gasteiger partial charge on any atom is -0.364 e. The summed E-state index contributed by atoms with van der Waals surface area (Å²) in [4.78, 5) is 11.2. The first-order chi connectivity index (χ1) is 7.97. The number of hydrogen-bond donors (Lipinski definition) is 0. The van der Waals surface area contributed by atoms with Crippen molar-refractivity contribution in [2.75, 3.05) is 13.2 Å².